The summed E-state index contributed by atoms with van der Waals surface area (Å²) in [6, 6.07) is 57.6. The highest BCUT2D eigenvalue weighted by Crippen LogP contribution is 2.39. The van der Waals surface area contributed by atoms with Crippen molar-refractivity contribution in [3.8, 4) is 11.1 Å². The molecule has 0 radical (unpaired) electrons. The summed E-state index contributed by atoms with van der Waals surface area (Å²) in [7, 11) is 0. The SMILES string of the molecule is c1ccc(C2=NC(c3ccccc3)NC(c3ccc4c(c3)oc3ccc(-c5ccc6c7ccccc7c7ccccc7c6c5)cc34)=N2)cc1. The van der Waals surface area contributed by atoms with Gasteiger partial charge in [0.1, 0.15) is 23.2 Å². The molecule has 9 aromatic rings. The summed E-state index contributed by atoms with van der Waals surface area (Å²) in [5, 5.41) is 13.4. The van der Waals surface area contributed by atoms with Crippen LogP contribution >= 0.6 is 0 Å². The quantitative estimate of drug-likeness (QED) is 0.197. The molecule has 4 heteroatoms. The average molecular weight is 628 g/mol. The molecule has 230 valence electrons. The molecule has 0 spiro atoms. The Bertz CT molecular complexity index is 2760. The van der Waals surface area contributed by atoms with Gasteiger partial charge >= 0.3 is 0 Å². The fourth-order valence-electron chi connectivity index (χ4n) is 7.31. The second-order valence-corrected chi connectivity index (χ2v) is 12.6. The van der Waals surface area contributed by atoms with Crippen LogP contribution in [0.5, 0.6) is 0 Å². The second-order valence-electron chi connectivity index (χ2n) is 12.6. The molecule has 1 aromatic heterocycles. The Labute approximate surface area is 282 Å². The number of hydrogen-bond donors (Lipinski definition) is 1. The predicted molar refractivity (Wildman–Crippen MR) is 204 cm³/mol. The van der Waals surface area contributed by atoms with E-state index in [1.54, 1.807) is 0 Å². The largest absolute Gasteiger partial charge is 0.456 e. The van der Waals surface area contributed by atoms with E-state index in [-0.39, 0.29) is 6.17 Å². The van der Waals surface area contributed by atoms with E-state index in [1.165, 1.54) is 37.9 Å². The van der Waals surface area contributed by atoms with E-state index in [0.29, 0.717) is 5.84 Å². The summed E-state index contributed by atoms with van der Waals surface area (Å²) < 4.78 is 6.46. The lowest BCUT2D eigenvalue weighted by molar-refractivity contribution is 0.666. The van der Waals surface area contributed by atoms with Crippen LogP contribution in [0.25, 0.3) is 65.4 Å². The number of nitrogens with zero attached hydrogens (tertiary/aromatic N) is 2. The minimum Gasteiger partial charge on any atom is -0.456 e. The van der Waals surface area contributed by atoms with Crippen LogP contribution in [0.1, 0.15) is 22.9 Å². The van der Waals surface area contributed by atoms with E-state index in [2.05, 4.69) is 121 Å². The lowest BCUT2D eigenvalue weighted by Crippen LogP contribution is -2.33. The molecule has 1 atom stereocenters. The molecule has 0 bridgehead atoms. The lowest BCUT2D eigenvalue weighted by Gasteiger charge is -2.23. The van der Waals surface area contributed by atoms with Crippen molar-refractivity contribution in [2.24, 2.45) is 9.98 Å². The molecule has 1 aliphatic heterocycles. The van der Waals surface area contributed by atoms with E-state index >= 15 is 0 Å². The van der Waals surface area contributed by atoms with Gasteiger partial charge in [0.2, 0.25) is 0 Å². The first kappa shape index (κ1) is 27.6. The molecular weight excluding hydrogens is 599 g/mol. The van der Waals surface area contributed by atoms with Crippen molar-refractivity contribution in [1.82, 2.24) is 5.32 Å². The summed E-state index contributed by atoms with van der Waals surface area (Å²) in [5.41, 5.74) is 7.04. The second kappa shape index (κ2) is 11.0. The van der Waals surface area contributed by atoms with Crippen LogP contribution in [0.4, 0.5) is 0 Å². The molecule has 10 rings (SSSR count). The summed E-state index contributed by atoms with van der Waals surface area (Å²) in [5.74, 6) is 1.47. The van der Waals surface area contributed by atoms with Crippen molar-refractivity contribution in [1.29, 1.82) is 0 Å². The number of nitrogens with one attached hydrogen (secondary N) is 1. The molecule has 1 N–H and O–H groups in total. The molecular formula is C45H29N3O. The van der Waals surface area contributed by atoms with Gasteiger partial charge in [0.15, 0.2) is 5.84 Å². The molecule has 49 heavy (non-hydrogen) atoms. The van der Waals surface area contributed by atoms with Crippen molar-refractivity contribution < 1.29 is 4.42 Å². The fourth-order valence-corrected chi connectivity index (χ4v) is 7.31. The van der Waals surface area contributed by atoms with Gasteiger partial charge in [0, 0.05) is 21.9 Å². The molecule has 0 amide bonds. The van der Waals surface area contributed by atoms with Crippen molar-refractivity contribution in [2.45, 2.75) is 6.17 Å². The summed E-state index contributed by atoms with van der Waals surface area (Å²) in [4.78, 5) is 9.97. The Hall–Kier alpha value is -6.52. The van der Waals surface area contributed by atoms with Gasteiger partial charge < -0.3 is 9.73 Å². The molecule has 0 aliphatic carbocycles. The molecule has 0 saturated carbocycles. The van der Waals surface area contributed by atoms with Gasteiger partial charge in [0.25, 0.3) is 0 Å². The van der Waals surface area contributed by atoms with Crippen LogP contribution in [0.3, 0.4) is 0 Å². The van der Waals surface area contributed by atoms with Gasteiger partial charge in [-0.2, -0.15) is 0 Å². The third-order valence-electron chi connectivity index (χ3n) is 9.71. The highest BCUT2D eigenvalue weighted by molar-refractivity contribution is 6.26. The first-order valence-electron chi connectivity index (χ1n) is 16.6. The van der Waals surface area contributed by atoms with Gasteiger partial charge in [-0.15, -0.1) is 0 Å². The van der Waals surface area contributed by atoms with Crippen LogP contribution in [0, 0.1) is 0 Å². The van der Waals surface area contributed by atoms with E-state index in [0.717, 1.165) is 50.0 Å². The minimum atomic E-state index is -0.255. The van der Waals surface area contributed by atoms with E-state index < -0.39 is 0 Å². The van der Waals surface area contributed by atoms with Gasteiger partial charge in [-0.25, -0.2) is 9.98 Å². The minimum absolute atomic E-state index is 0.255. The third kappa shape index (κ3) is 4.61. The predicted octanol–water partition coefficient (Wildman–Crippen LogP) is 11.2. The zero-order valence-electron chi connectivity index (χ0n) is 26.5. The standard InChI is InChI=1S/C45H29N3O/c1-3-11-28(12-4-1)43-46-44(29-13-5-2-6-14-29)48-45(47-43)32-20-23-38-40-26-31(21-24-41(40)49-42(38)27-32)30-19-22-37-35-17-8-7-15-33(35)34-16-9-10-18-36(34)39(37)25-30/h1-27,43H,(H,46,47,48). The summed E-state index contributed by atoms with van der Waals surface area (Å²) >= 11 is 0. The first-order valence-corrected chi connectivity index (χ1v) is 16.6. The Morgan fingerprint density at radius 2 is 0.959 bits per heavy atom. The van der Waals surface area contributed by atoms with Gasteiger partial charge in [-0.3, -0.25) is 0 Å². The molecule has 2 heterocycles. The fraction of sp³-hybridized carbons (Fsp3) is 0.0222. The highest BCUT2D eigenvalue weighted by atomic mass is 16.3. The zero-order valence-corrected chi connectivity index (χ0v) is 26.5. The summed E-state index contributed by atoms with van der Waals surface area (Å²) in [6.45, 7) is 0. The third-order valence-corrected chi connectivity index (χ3v) is 9.71. The maximum atomic E-state index is 6.46. The molecule has 1 aliphatic rings. The monoisotopic (exact) mass is 627 g/mol. The Kier molecular flexibility index (Phi) is 6.21. The number of hydrogen-bond acceptors (Lipinski definition) is 4. The molecule has 0 saturated heterocycles. The van der Waals surface area contributed by atoms with Crippen LogP contribution in [-0.2, 0) is 0 Å². The molecule has 1 unspecified atom stereocenters. The van der Waals surface area contributed by atoms with Crippen LogP contribution in [0.2, 0.25) is 0 Å². The zero-order chi connectivity index (χ0) is 32.3. The number of aliphatic imine (C=N–C) groups is 2. The van der Waals surface area contributed by atoms with E-state index in [1.807, 2.05) is 48.5 Å². The average Bonchev–Trinajstić information content (AvgIpc) is 3.55. The van der Waals surface area contributed by atoms with E-state index in [4.69, 9.17) is 14.4 Å². The van der Waals surface area contributed by atoms with Gasteiger partial charge in [0.05, 0.1) is 0 Å². The molecule has 0 fully saturated rings. The number of rotatable bonds is 4. The van der Waals surface area contributed by atoms with Crippen LogP contribution in [-0.4, -0.2) is 11.7 Å². The highest BCUT2D eigenvalue weighted by Gasteiger charge is 2.22. The lowest BCUT2D eigenvalue weighted by atomic mass is 9.92. The maximum absolute atomic E-state index is 6.46. The molecule has 8 aromatic carbocycles. The first-order chi connectivity index (χ1) is 24.3. The smallest absolute Gasteiger partial charge is 0.159 e. The number of benzene rings is 8. The number of furan rings is 1. The van der Waals surface area contributed by atoms with Gasteiger partial charge in [-0.05, 0) is 79.3 Å². The van der Waals surface area contributed by atoms with Crippen molar-refractivity contribution in [2.75, 3.05) is 0 Å². The van der Waals surface area contributed by atoms with Crippen LogP contribution in [0.15, 0.2) is 178 Å². The number of amidine groups is 2. The Morgan fingerprint density at radius 1 is 0.408 bits per heavy atom. The van der Waals surface area contributed by atoms with E-state index in [9.17, 15) is 0 Å². The number of fused-ring (bicyclic) bond motifs is 9. The van der Waals surface area contributed by atoms with Crippen LogP contribution < -0.4 is 5.32 Å². The van der Waals surface area contributed by atoms with Crippen molar-refractivity contribution in [3.63, 3.8) is 0 Å². The Morgan fingerprint density at radius 3 is 1.67 bits per heavy atom. The maximum Gasteiger partial charge on any atom is 0.159 e. The van der Waals surface area contributed by atoms with Gasteiger partial charge in [-0.1, -0.05) is 133 Å². The topological polar surface area (TPSA) is 49.9 Å². The normalized spacial score (nSPS) is 14.7. The summed E-state index contributed by atoms with van der Waals surface area (Å²) in [6.07, 6.45) is -0.255. The Balaban J connectivity index is 1.06. The van der Waals surface area contributed by atoms with Crippen molar-refractivity contribution in [3.05, 3.63) is 180 Å². The molecule has 4 nitrogen and oxygen atoms in total. The van der Waals surface area contributed by atoms with Crippen molar-refractivity contribution >= 4 is 65.9 Å².